The summed E-state index contributed by atoms with van der Waals surface area (Å²) in [5.74, 6) is -1.39. The summed E-state index contributed by atoms with van der Waals surface area (Å²) in [6.45, 7) is 0.258. The zero-order valence-electron chi connectivity index (χ0n) is 14.4. The van der Waals surface area contributed by atoms with Crippen LogP contribution in [0, 0.1) is 0 Å². The molecular formula is C20H14Cl2N2O4. The predicted octanol–water partition coefficient (Wildman–Crippen LogP) is 4.92. The van der Waals surface area contributed by atoms with Crippen molar-refractivity contribution in [2.75, 3.05) is 5.32 Å². The number of nitrogens with one attached hydrogen (secondary N) is 1. The van der Waals surface area contributed by atoms with Gasteiger partial charge in [0.25, 0.3) is 5.91 Å². The molecule has 0 saturated heterocycles. The third kappa shape index (κ3) is 4.79. The molecule has 6 nitrogen and oxygen atoms in total. The Morgan fingerprint density at radius 2 is 1.75 bits per heavy atom. The summed E-state index contributed by atoms with van der Waals surface area (Å²) in [5, 5.41) is 12.6. The van der Waals surface area contributed by atoms with Gasteiger partial charge in [0.05, 0.1) is 21.8 Å². The number of carbonyl (C=O) groups excluding carboxylic acids is 1. The molecule has 28 heavy (non-hydrogen) atoms. The van der Waals surface area contributed by atoms with Gasteiger partial charge in [0, 0.05) is 17.4 Å². The number of carboxylic acid groups (broad SMARTS) is 1. The lowest BCUT2D eigenvalue weighted by atomic mass is 10.1. The minimum absolute atomic E-state index is 0.106. The monoisotopic (exact) mass is 416 g/mol. The van der Waals surface area contributed by atoms with E-state index in [4.69, 9.17) is 27.9 Å². The average Bonchev–Trinajstić information content (AvgIpc) is 2.67. The lowest BCUT2D eigenvalue weighted by Crippen LogP contribution is -2.15. The van der Waals surface area contributed by atoms with Gasteiger partial charge in [-0.15, -0.1) is 0 Å². The van der Waals surface area contributed by atoms with Crippen LogP contribution in [0.3, 0.4) is 0 Å². The van der Waals surface area contributed by atoms with Crippen LogP contribution >= 0.6 is 23.2 Å². The van der Waals surface area contributed by atoms with Gasteiger partial charge in [-0.1, -0.05) is 23.2 Å². The Morgan fingerprint density at radius 1 is 1.00 bits per heavy atom. The van der Waals surface area contributed by atoms with Gasteiger partial charge in [0.1, 0.15) is 12.4 Å². The van der Waals surface area contributed by atoms with E-state index in [0.717, 1.165) is 5.56 Å². The van der Waals surface area contributed by atoms with Crippen LogP contribution in [0.25, 0.3) is 0 Å². The second-order valence-corrected chi connectivity index (χ2v) is 6.58. The summed E-state index contributed by atoms with van der Waals surface area (Å²) in [7, 11) is 0. The van der Waals surface area contributed by atoms with Gasteiger partial charge in [-0.25, -0.2) is 4.79 Å². The molecule has 8 heteroatoms. The molecule has 0 aliphatic heterocycles. The fraction of sp³-hybridized carbons (Fsp3) is 0.0500. The smallest absolute Gasteiger partial charge is 0.337 e. The zero-order chi connectivity index (χ0) is 20.1. The Hall–Kier alpha value is -3.09. The number of aromatic nitrogens is 1. The van der Waals surface area contributed by atoms with Crippen molar-refractivity contribution in [2.24, 2.45) is 0 Å². The van der Waals surface area contributed by atoms with E-state index in [1.54, 1.807) is 30.6 Å². The zero-order valence-corrected chi connectivity index (χ0v) is 15.9. The molecule has 3 rings (SSSR count). The third-order valence-electron chi connectivity index (χ3n) is 3.80. The quantitative estimate of drug-likeness (QED) is 0.595. The Morgan fingerprint density at radius 3 is 2.43 bits per heavy atom. The van der Waals surface area contributed by atoms with E-state index >= 15 is 0 Å². The maximum absolute atomic E-state index is 12.4. The van der Waals surface area contributed by atoms with Gasteiger partial charge in [-0.05, 0) is 54.1 Å². The summed E-state index contributed by atoms with van der Waals surface area (Å²) in [6.07, 6.45) is 3.28. The maximum Gasteiger partial charge on any atom is 0.337 e. The van der Waals surface area contributed by atoms with Gasteiger partial charge in [-0.2, -0.15) is 0 Å². The van der Waals surface area contributed by atoms with Crippen LogP contribution in [0.1, 0.15) is 26.3 Å². The van der Waals surface area contributed by atoms with E-state index in [9.17, 15) is 14.7 Å². The topological polar surface area (TPSA) is 88.5 Å². The SMILES string of the molecule is O=C(Nc1ccc(OCc2ccncc2)cc1C(=O)O)c1ccc(Cl)cc1Cl. The predicted molar refractivity (Wildman–Crippen MR) is 106 cm³/mol. The van der Waals surface area contributed by atoms with E-state index in [-0.39, 0.29) is 28.4 Å². The lowest BCUT2D eigenvalue weighted by molar-refractivity contribution is 0.0697. The first-order valence-electron chi connectivity index (χ1n) is 8.09. The second-order valence-electron chi connectivity index (χ2n) is 5.73. The number of amides is 1. The molecule has 2 N–H and O–H groups in total. The number of nitrogens with zero attached hydrogens (tertiary/aromatic N) is 1. The molecule has 0 unspecified atom stereocenters. The van der Waals surface area contributed by atoms with Crippen molar-refractivity contribution < 1.29 is 19.4 Å². The molecule has 0 aliphatic carbocycles. The highest BCUT2D eigenvalue weighted by molar-refractivity contribution is 6.37. The molecule has 2 aromatic carbocycles. The van der Waals surface area contributed by atoms with Crippen LogP contribution in [-0.4, -0.2) is 22.0 Å². The normalized spacial score (nSPS) is 10.4. The minimum Gasteiger partial charge on any atom is -0.489 e. The van der Waals surface area contributed by atoms with Gasteiger partial charge in [0.15, 0.2) is 0 Å². The van der Waals surface area contributed by atoms with Crippen LogP contribution < -0.4 is 10.1 Å². The molecular weight excluding hydrogens is 403 g/mol. The summed E-state index contributed by atoms with van der Waals surface area (Å²) < 4.78 is 5.62. The van der Waals surface area contributed by atoms with E-state index in [1.165, 1.54) is 30.3 Å². The van der Waals surface area contributed by atoms with Crippen molar-refractivity contribution in [3.05, 3.63) is 87.7 Å². The number of rotatable bonds is 6. The van der Waals surface area contributed by atoms with E-state index < -0.39 is 11.9 Å². The van der Waals surface area contributed by atoms with Crippen molar-refractivity contribution in [1.29, 1.82) is 0 Å². The molecule has 0 atom stereocenters. The van der Waals surface area contributed by atoms with E-state index in [0.29, 0.717) is 10.8 Å². The summed E-state index contributed by atoms with van der Waals surface area (Å²) in [6, 6.07) is 12.4. The molecule has 0 aliphatic rings. The molecule has 1 heterocycles. The first-order chi connectivity index (χ1) is 13.4. The number of pyridine rings is 1. The molecule has 142 valence electrons. The summed E-state index contributed by atoms with van der Waals surface area (Å²) in [4.78, 5) is 28.0. The number of hydrogen-bond acceptors (Lipinski definition) is 4. The fourth-order valence-electron chi connectivity index (χ4n) is 2.41. The van der Waals surface area contributed by atoms with E-state index in [2.05, 4.69) is 10.3 Å². The highest BCUT2D eigenvalue weighted by Gasteiger charge is 2.17. The van der Waals surface area contributed by atoms with Gasteiger partial charge < -0.3 is 15.2 Å². The molecule has 0 spiro atoms. The molecule has 3 aromatic rings. The van der Waals surface area contributed by atoms with Crippen LogP contribution in [0.5, 0.6) is 5.75 Å². The second kappa shape index (κ2) is 8.73. The average molecular weight is 417 g/mol. The van der Waals surface area contributed by atoms with Crippen molar-refractivity contribution in [1.82, 2.24) is 4.98 Å². The molecule has 0 saturated carbocycles. The highest BCUT2D eigenvalue weighted by Crippen LogP contribution is 2.26. The number of aromatic carboxylic acids is 1. The molecule has 0 bridgehead atoms. The van der Waals surface area contributed by atoms with Crippen molar-refractivity contribution in [3.8, 4) is 5.75 Å². The third-order valence-corrected chi connectivity index (χ3v) is 4.35. The number of ether oxygens (including phenoxy) is 1. The van der Waals surface area contributed by atoms with Crippen molar-refractivity contribution in [2.45, 2.75) is 6.61 Å². The number of carboxylic acids is 1. The fourth-order valence-corrected chi connectivity index (χ4v) is 2.90. The number of benzene rings is 2. The standard InChI is InChI=1S/C20H14Cl2N2O4/c21-13-1-3-15(17(22)9-13)19(25)24-18-4-2-14(10-16(18)20(26)27)28-11-12-5-7-23-8-6-12/h1-10H,11H2,(H,24,25)(H,26,27). The van der Waals surface area contributed by atoms with Gasteiger partial charge in [-0.3, -0.25) is 9.78 Å². The van der Waals surface area contributed by atoms with Gasteiger partial charge in [0.2, 0.25) is 0 Å². The van der Waals surface area contributed by atoms with Gasteiger partial charge >= 0.3 is 5.97 Å². The molecule has 0 radical (unpaired) electrons. The molecule has 1 amide bonds. The van der Waals surface area contributed by atoms with Crippen LogP contribution in [0.2, 0.25) is 10.0 Å². The van der Waals surface area contributed by atoms with E-state index in [1.807, 2.05) is 0 Å². The minimum atomic E-state index is -1.20. The number of halogens is 2. The van der Waals surface area contributed by atoms with Crippen molar-refractivity contribution >= 4 is 40.8 Å². The number of hydrogen-bond donors (Lipinski definition) is 2. The Bertz CT molecular complexity index is 1030. The molecule has 0 fully saturated rings. The number of anilines is 1. The maximum atomic E-state index is 12.4. The Labute approximate surface area is 170 Å². The highest BCUT2D eigenvalue weighted by atomic mass is 35.5. The first-order valence-corrected chi connectivity index (χ1v) is 8.85. The first kappa shape index (κ1) is 19.7. The summed E-state index contributed by atoms with van der Waals surface area (Å²) in [5.41, 5.74) is 1.09. The number of carbonyl (C=O) groups is 2. The Kier molecular flexibility index (Phi) is 6.13. The lowest BCUT2D eigenvalue weighted by Gasteiger charge is -2.12. The Balaban J connectivity index is 1.79. The van der Waals surface area contributed by atoms with Crippen LogP contribution in [0.4, 0.5) is 5.69 Å². The van der Waals surface area contributed by atoms with Crippen LogP contribution in [0.15, 0.2) is 60.9 Å². The largest absolute Gasteiger partial charge is 0.489 e. The molecule has 1 aromatic heterocycles. The summed E-state index contributed by atoms with van der Waals surface area (Å²) >= 11 is 11.9. The van der Waals surface area contributed by atoms with Crippen molar-refractivity contribution in [3.63, 3.8) is 0 Å². The van der Waals surface area contributed by atoms with Crippen LogP contribution in [-0.2, 0) is 6.61 Å².